The molecule has 180 valence electrons. The lowest BCUT2D eigenvalue weighted by Crippen LogP contribution is -2.28. The highest BCUT2D eigenvalue weighted by molar-refractivity contribution is 7.22. The molecule has 2 aromatic carbocycles. The molecule has 0 radical (unpaired) electrons. The molecule has 35 heavy (non-hydrogen) atoms. The maximum atomic E-state index is 13.5. The summed E-state index contributed by atoms with van der Waals surface area (Å²) in [6.07, 6.45) is 6.67. The van der Waals surface area contributed by atoms with E-state index in [4.69, 9.17) is 23.9 Å². The van der Waals surface area contributed by atoms with Crippen molar-refractivity contribution in [3.63, 3.8) is 0 Å². The van der Waals surface area contributed by atoms with Crippen LogP contribution in [0.1, 0.15) is 11.1 Å². The Balaban J connectivity index is 1.72. The average Bonchev–Trinajstić information content (AvgIpc) is 3.35. The normalized spacial score (nSPS) is 11.0. The Kier molecular flexibility index (Phi) is 7.47. The second kappa shape index (κ2) is 10.9. The molecule has 0 saturated heterocycles. The minimum absolute atomic E-state index is 0.236. The van der Waals surface area contributed by atoms with Crippen LogP contribution in [0.25, 0.3) is 16.3 Å². The molecule has 0 saturated carbocycles. The number of nitrogens with zero attached hydrogens (tertiary/aromatic N) is 3. The second-order valence-corrected chi connectivity index (χ2v) is 8.36. The fourth-order valence-corrected chi connectivity index (χ4v) is 4.60. The van der Waals surface area contributed by atoms with E-state index in [-0.39, 0.29) is 5.91 Å². The molecule has 4 rings (SSSR count). The van der Waals surface area contributed by atoms with Crippen LogP contribution in [0.2, 0.25) is 0 Å². The zero-order chi connectivity index (χ0) is 24.8. The van der Waals surface area contributed by atoms with E-state index in [2.05, 4.69) is 4.98 Å². The molecule has 0 spiro atoms. The van der Waals surface area contributed by atoms with E-state index in [1.165, 1.54) is 17.4 Å². The molecule has 0 bridgehead atoms. The number of benzene rings is 2. The highest BCUT2D eigenvalue weighted by Gasteiger charge is 2.22. The first-order chi connectivity index (χ1) is 17.1. The van der Waals surface area contributed by atoms with Gasteiger partial charge in [-0.1, -0.05) is 23.5 Å². The molecule has 0 aliphatic rings. The van der Waals surface area contributed by atoms with Gasteiger partial charge in [-0.2, -0.15) is 0 Å². The van der Waals surface area contributed by atoms with Crippen LogP contribution in [-0.4, -0.2) is 44.3 Å². The number of ether oxygens (including phenoxy) is 4. The topological polar surface area (TPSA) is 83.0 Å². The van der Waals surface area contributed by atoms with Crippen LogP contribution >= 0.6 is 11.3 Å². The van der Waals surface area contributed by atoms with Crippen LogP contribution in [0.4, 0.5) is 5.13 Å². The Hall–Kier alpha value is -4.11. The Morgan fingerprint density at radius 2 is 1.66 bits per heavy atom. The summed E-state index contributed by atoms with van der Waals surface area (Å²) in [4.78, 5) is 24.0. The highest BCUT2D eigenvalue weighted by atomic mass is 32.1. The molecule has 4 aromatic rings. The number of hydrogen-bond acceptors (Lipinski definition) is 8. The number of carbonyl (C=O) groups is 1. The van der Waals surface area contributed by atoms with Gasteiger partial charge in [-0.25, -0.2) is 4.98 Å². The van der Waals surface area contributed by atoms with Crippen molar-refractivity contribution in [2.45, 2.75) is 6.54 Å². The van der Waals surface area contributed by atoms with E-state index < -0.39 is 0 Å². The van der Waals surface area contributed by atoms with Gasteiger partial charge in [0.15, 0.2) is 16.6 Å². The van der Waals surface area contributed by atoms with Crippen molar-refractivity contribution in [1.29, 1.82) is 0 Å². The number of rotatable bonds is 9. The number of amides is 1. The van der Waals surface area contributed by atoms with Gasteiger partial charge in [0.1, 0.15) is 21.7 Å². The summed E-state index contributed by atoms with van der Waals surface area (Å²) in [7, 11) is 6.34. The number of methoxy groups -OCH3 is 4. The van der Waals surface area contributed by atoms with E-state index in [0.717, 1.165) is 15.8 Å². The fourth-order valence-electron chi connectivity index (χ4n) is 3.52. The van der Waals surface area contributed by atoms with Gasteiger partial charge in [0, 0.05) is 18.5 Å². The summed E-state index contributed by atoms with van der Waals surface area (Å²) in [5, 5.41) is 0.522. The molecule has 2 aromatic heterocycles. The van der Waals surface area contributed by atoms with Gasteiger partial charge in [-0.05, 0) is 47.5 Å². The predicted molar refractivity (Wildman–Crippen MR) is 137 cm³/mol. The molecule has 0 fully saturated rings. The molecule has 8 nitrogen and oxygen atoms in total. The fraction of sp³-hybridized carbons (Fsp3) is 0.192. The van der Waals surface area contributed by atoms with E-state index in [0.29, 0.717) is 40.2 Å². The summed E-state index contributed by atoms with van der Waals surface area (Å²) < 4.78 is 22.4. The summed E-state index contributed by atoms with van der Waals surface area (Å²) >= 11 is 1.36. The first kappa shape index (κ1) is 24.0. The lowest BCUT2D eigenvalue weighted by Gasteiger charge is -2.18. The molecule has 1 amide bonds. The van der Waals surface area contributed by atoms with Crippen molar-refractivity contribution in [2.24, 2.45) is 0 Å². The van der Waals surface area contributed by atoms with Crippen LogP contribution < -0.4 is 23.8 Å². The van der Waals surface area contributed by atoms with E-state index in [9.17, 15) is 4.79 Å². The summed E-state index contributed by atoms with van der Waals surface area (Å²) in [5.41, 5.74) is 2.31. The van der Waals surface area contributed by atoms with E-state index in [1.807, 2.05) is 30.3 Å². The van der Waals surface area contributed by atoms with Gasteiger partial charge in [-0.3, -0.25) is 14.7 Å². The Labute approximate surface area is 207 Å². The molecule has 0 N–H and O–H groups in total. The zero-order valence-electron chi connectivity index (χ0n) is 19.8. The summed E-state index contributed by atoms with van der Waals surface area (Å²) in [6.45, 7) is 0.299. The number of thiazole rings is 1. The minimum atomic E-state index is -0.236. The molecule has 0 aliphatic carbocycles. The van der Waals surface area contributed by atoms with Crippen LogP contribution in [0.3, 0.4) is 0 Å². The smallest absolute Gasteiger partial charge is 0.253 e. The Morgan fingerprint density at radius 3 is 2.34 bits per heavy atom. The maximum absolute atomic E-state index is 13.5. The lowest BCUT2D eigenvalue weighted by atomic mass is 10.2. The molecule has 2 heterocycles. The van der Waals surface area contributed by atoms with Crippen molar-refractivity contribution in [3.05, 3.63) is 72.1 Å². The van der Waals surface area contributed by atoms with Gasteiger partial charge < -0.3 is 18.9 Å². The van der Waals surface area contributed by atoms with Crippen LogP contribution in [0.15, 0.2) is 60.9 Å². The van der Waals surface area contributed by atoms with E-state index in [1.54, 1.807) is 63.9 Å². The first-order valence-corrected chi connectivity index (χ1v) is 11.5. The molecular weight excluding hydrogens is 466 g/mol. The highest BCUT2D eigenvalue weighted by Crippen LogP contribution is 2.40. The van der Waals surface area contributed by atoms with Gasteiger partial charge >= 0.3 is 0 Å². The third kappa shape index (κ3) is 5.20. The number of hydrogen-bond donors (Lipinski definition) is 0. The van der Waals surface area contributed by atoms with Crippen LogP contribution in [0.5, 0.6) is 23.0 Å². The summed E-state index contributed by atoms with van der Waals surface area (Å²) in [5.74, 6) is 2.24. The zero-order valence-corrected chi connectivity index (χ0v) is 20.7. The van der Waals surface area contributed by atoms with Gasteiger partial charge in [0.2, 0.25) is 0 Å². The van der Waals surface area contributed by atoms with Gasteiger partial charge in [0.25, 0.3) is 5.91 Å². The molecule has 9 heteroatoms. The lowest BCUT2D eigenvalue weighted by molar-refractivity contribution is -0.114. The number of pyridine rings is 1. The molecule has 0 unspecified atom stereocenters. The number of carbonyl (C=O) groups excluding carboxylic acids is 1. The minimum Gasteiger partial charge on any atom is -0.495 e. The van der Waals surface area contributed by atoms with Crippen molar-refractivity contribution in [1.82, 2.24) is 9.97 Å². The maximum Gasteiger partial charge on any atom is 0.253 e. The number of anilines is 1. The van der Waals surface area contributed by atoms with Crippen molar-refractivity contribution < 1.29 is 23.7 Å². The average molecular weight is 492 g/mol. The van der Waals surface area contributed by atoms with Crippen molar-refractivity contribution in [3.8, 4) is 23.0 Å². The van der Waals surface area contributed by atoms with Crippen molar-refractivity contribution in [2.75, 3.05) is 33.3 Å². The second-order valence-electron chi connectivity index (χ2n) is 7.38. The monoisotopic (exact) mass is 491 g/mol. The van der Waals surface area contributed by atoms with Crippen LogP contribution in [0, 0.1) is 0 Å². The van der Waals surface area contributed by atoms with Gasteiger partial charge in [-0.15, -0.1) is 0 Å². The molecule has 0 aliphatic heterocycles. The Bertz CT molecular complexity index is 1310. The third-order valence-corrected chi connectivity index (χ3v) is 6.38. The summed E-state index contributed by atoms with van der Waals surface area (Å²) in [6, 6.07) is 12.8. The Morgan fingerprint density at radius 1 is 0.943 bits per heavy atom. The predicted octanol–water partition coefficient (Wildman–Crippen LogP) is 4.97. The number of fused-ring (bicyclic) bond motifs is 1. The molecular formula is C26H25N3O5S. The third-order valence-electron chi connectivity index (χ3n) is 5.29. The van der Waals surface area contributed by atoms with Crippen molar-refractivity contribution >= 4 is 38.7 Å². The quantitative estimate of drug-likeness (QED) is 0.306. The number of aromatic nitrogens is 2. The molecule has 0 atom stereocenters. The largest absolute Gasteiger partial charge is 0.495 e. The first-order valence-electron chi connectivity index (χ1n) is 10.7. The standard InChI is InChI=1S/C26H25N3O5S/c1-31-19-9-7-17(14-22(19)34-4)8-12-23(30)29(16-18-6-5-13-27-15-18)26-28-24-20(32-2)10-11-21(33-3)25(24)35-26/h5-15H,16H2,1-4H3/b12-8+. The van der Waals surface area contributed by atoms with Crippen LogP contribution in [-0.2, 0) is 11.3 Å². The SMILES string of the molecule is COc1ccc(/C=C/C(=O)N(Cc2cccnc2)c2nc3c(OC)ccc(OC)c3s2)cc1OC. The van der Waals surface area contributed by atoms with E-state index >= 15 is 0 Å². The van der Waals surface area contributed by atoms with Gasteiger partial charge in [0.05, 0.1) is 35.0 Å².